The molecule has 1 atom stereocenters. The van der Waals surface area contributed by atoms with Crippen LogP contribution in [0.2, 0.25) is 0 Å². The molecule has 0 aliphatic carbocycles. The van der Waals surface area contributed by atoms with Crippen LogP contribution < -0.4 is 0 Å². The number of nitriles is 1. The molecule has 2 rings (SSSR count). The van der Waals surface area contributed by atoms with E-state index in [-0.39, 0.29) is 30.2 Å². The zero-order valence-electron chi connectivity index (χ0n) is 15.0. The van der Waals surface area contributed by atoms with Gasteiger partial charge in [-0.3, -0.25) is 9.59 Å². The highest BCUT2D eigenvalue weighted by Gasteiger charge is 2.32. The number of benzene rings is 2. The van der Waals surface area contributed by atoms with Crippen LogP contribution in [0.3, 0.4) is 0 Å². The number of hydrogen-bond donors (Lipinski definition) is 0. The molecule has 0 spiro atoms. The van der Waals surface area contributed by atoms with Crippen molar-refractivity contribution in [3.63, 3.8) is 0 Å². The van der Waals surface area contributed by atoms with Crippen LogP contribution in [-0.4, -0.2) is 11.6 Å². The van der Waals surface area contributed by atoms with E-state index in [9.17, 15) is 14.0 Å². The van der Waals surface area contributed by atoms with Gasteiger partial charge in [-0.05, 0) is 24.1 Å². The molecule has 2 aromatic rings. The van der Waals surface area contributed by atoms with Crippen molar-refractivity contribution < 1.29 is 14.0 Å². The minimum absolute atomic E-state index is 0.0256. The molecule has 0 radical (unpaired) electrons. The lowest BCUT2D eigenvalue weighted by molar-refractivity contribution is -0.127. The first-order valence-corrected chi connectivity index (χ1v) is 8.60. The van der Waals surface area contributed by atoms with Crippen LogP contribution in [0.1, 0.15) is 54.9 Å². The minimum atomic E-state index is -0.690. The quantitative estimate of drug-likeness (QED) is 0.623. The molecule has 134 valence electrons. The molecule has 26 heavy (non-hydrogen) atoms. The molecular weight excluding hydrogens is 329 g/mol. The fourth-order valence-corrected chi connectivity index (χ4v) is 2.83. The molecule has 0 amide bonds. The molecule has 0 bridgehead atoms. The Kier molecular flexibility index (Phi) is 6.41. The second-order valence-corrected chi connectivity index (χ2v) is 7.00. The average molecular weight is 351 g/mol. The molecule has 0 aromatic heterocycles. The minimum Gasteiger partial charge on any atom is -0.299 e. The average Bonchev–Trinajstić information content (AvgIpc) is 2.65. The first kappa shape index (κ1) is 19.5. The number of Topliss-reactive ketones (excluding diaryl/α,β-unsaturated/α-hetero) is 2. The normalized spacial score (nSPS) is 12.2. The van der Waals surface area contributed by atoms with Crippen LogP contribution in [0, 0.1) is 22.6 Å². The van der Waals surface area contributed by atoms with Gasteiger partial charge in [0.15, 0.2) is 5.78 Å². The lowest BCUT2D eigenvalue weighted by Crippen LogP contribution is -2.28. The number of ketones is 2. The summed E-state index contributed by atoms with van der Waals surface area (Å²) in [6.45, 7) is 3.59. The molecule has 1 unspecified atom stereocenters. The molecule has 0 saturated carbocycles. The Morgan fingerprint density at radius 1 is 1.08 bits per heavy atom. The first-order chi connectivity index (χ1) is 12.3. The molecule has 2 aromatic carbocycles. The van der Waals surface area contributed by atoms with Crippen LogP contribution in [0.15, 0.2) is 54.6 Å². The van der Waals surface area contributed by atoms with Crippen LogP contribution in [0.25, 0.3) is 0 Å². The summed E-state index contributed by atoms with van der Waals surface area (Å²) in [4.78, 5) is 25.8. The smallest absolute Gasteiger partial charge is 0.170 e. The van der Waals surface area contributed by atoms with Gasteiger partial charge in [-0.2, -0.15) is 5.26 Å². The Labute approximate surface area is 153 Å². The topological polar surface area (TPSA) is 57.9 Å². The maximum Gasteiger partial charge on any atom is 0.170 e. The Morgan fingerprint density at radius 2 is 1.69 bits per heavy atom. The lowest BCUT2D eigenvalue weighted by Gasteiger charge is -2.25. The molecule has 0 fully saturated rings. The van der Waals surface area contributed by atoms with Crippen molar-refractivity contribution in [1.82, 2.24) is 0 Å². The van der Waals surface area contributed by atoms with Crippen molar-refractivity contribution in [3.05, 3.63) is 71.5 Å². The summed E-state index contributed by atoms with van der Waals surface area (Å²) in [5.41, 5.74) is 0.444. The number of rotatable bonds is 8. The van der Waals surface area contributed by atoms with Gasteiger partial charge in [0.1, 0.15) is 11.6 Å². The molecule has 4 heteroatoms. The molecule has 0 N–H and O–H groups in total. The van der Waals surface area contributed by atoms with Gasteiger partial charge in [-0.15, -0.1) is 0 Å². The number of carbonyl (C=O) groups excluding carboxylic acids is 2. The fourth-order valence-electron chi connectivity index (χ4n) is 2.83. The predicted octanol–water partition coefficient (Wildman–Crippen LogP) is 5.08. The third-order valence-electron chi connectivity index (χ3n) is 4.65. The highest BCUT2D eigenvalue weighted by molar-refractivity contribution is 6.03. The highest BCUT2D eigenvalue weighted by atomic mass is 19.1. The zero-order valence-corrected chi connectivity index (χ0v) is 15.0. The van der Waals surface area contributed by atoms with Crippen molar-refractivity contribution in [1.29, 1.82) is 5.26 Å². The van der Waals surface area contributed by atoms with Gasteiger partial charge in [-0.25, -0.2) is 4.39 Å². The monoisotopic (exact) mass is 351 g/mol. The third-order valence-corrected chi connectivity index (χ3v) is 4.65. The van der Waals surface area contributed by atoms with E-state index in [1.54, 1.807) is 50.2 Å². The van der Waals surface area contributed by atoms with Crippen molar-refractivity contribution >= 4 is 11.6 Å². The highest BCUT2D eigenvalue weighted by Crippen LogP contribution is 2.32. The van der Waals surface area contributed by atoms with Gasteiger partial charge in [-0.1, -0.05) is 56.3 Å². The van der Waals surface area contributed by atoms with E-state index in [2.05, 4.69) is 6.07 Å². The van der Waals surface area contributed by atoms with Gasteiger partial charge in [0.25, 0.3) is 0 Å². The maximum atomic E-state index is 13.3. The van der Waals surface area contributed by atoms with Crippen LogP contribution >= 0.6 is 0 Å². The van der Waals surface area contributed by atoms with Gasteiger partial charge in [0, 0.05) is 23.8 Å². The summed E-state index contributed by atoms with van der Waals surface area (Å²) in [5, 5.41) is 8.78. The van der Waals surface area contributed by atoms with Gasteiger partial charge >= 0.3 is 0 Å². The summed E-state index contributed by atoms with van der Waals surface area (Å²) < 4.78 is 13.3. The Balaban J connectivity index is 2.32. The standard InChI is InChI=1S/C22H22FNO2/c1-22(2,13-6-14-24)20(25)15-19(16-9-11-18(23)12-10-16)21(26)17-7-4-3-5-8-17/h3-5,7-12,19H,6,13,15H2,1-2H3. The summed E-state index contributed by atoms with van der Waals surface area (Å²) in [6.07, 6.45) is 0.752. The molecule has 0 aliphatic rings. The van der Waals surface area contributed by atoms with Crippen LogP contribution in [0.4, 0.5) is 4.39 Å². The fraction of sp³-hybridized carbons (Fsp3) is 0.318. The molecule has 3 nitrogen and oxygen atoms in total. The Morgan fingerprint density at radius 3 is 2.27 bits per heavy atom. The largest absolute Gasteiger partial charge is 0.299 e. The van der Waals surface area contributed by atoms with Gasteiger partial charge < -0.3 is 0 Å². The van der Waals surface area contributed by atoms with E-state index < -0.39 is 11.3 Å². The molecule has 0 aliphatic heterocycles. The number of nitrogens with zero attached hydrogens (tertiary/aromatic N) is 1. The summed E-state index contributed by atoms with van der Waals surface area (Å²) in [5.74, 6) is -1.31. The summed E-state index contributed by atoms with van der Waals surface area (Å²) in [7, 11) is 0. The number of carbonyl (C=O) groups is 2. The summed E-state index contributed by atoms with van der Waals surface area (Å²) in [6, 6.07) is 16.5. The maximum absolute atomic E-state index is 13.3. The molecular formula is C22H22FNO2. The van der Waals surface area contributed by atoms with E-state index in [1.807, 2.05) is 6.07 Å². The van der Waals surface area contributed by atoms with E-state index in [0.29, 0.717) is 17.5 Å². The van der Waals surface area contributed by atoms with E-state index >= 15 is 0 Å². The molecule has 0 saturated heterocycles. The summed E-state index contributed by atoms with van der Waals surface area (Å²) >= 11 is 0. The van der Waals surface area contributed by atoms with Crippen molar-refractivity contribution in [2.45, 2.75) is 39.0 Å². The van der Waals surface area contributed by atoms with E-state index in [0.717, 1.165) is 0 Å². The SMILES string of the molecule is CC(C)(CCC#N)C(=O)CC(C(=O)c1ccccc1)c1ccc(F)cc1. The Hall–Kier alpha value is -2.80. The Bertz CT molecular complexity index is 804. The zero-order chi connectivity index (χ0) is 19.2. The van der Waals surface area contributed by atoms with Crippen LogP contribution in [-0.2, 0) is 4.79 Å². The second-order valence-electron chi connectivity index (χ2n) is 7.00. The first-order valence-electron chi connectivity index (χ1n) is 8.60. The van der Waals surface area contributed by atoms with Crippen molar-refractivity contribution in [2.24, 2.45) is 5.41 Å². The third kappa shape index (κ3) is 4.86. The molecule has 0 heterocycles. The van der Waals surface area contributed by atoms with Crippen molar-refractivity contribution in [2.75, 3.05) is 0 Å². The number of halogens is 1. The number of hydrogen-bond acceptors (Lipinski definition) is 3. The predicted molar refractivity (Wildman–Crippen MR) is 98.2 cm³/mol. The van der Waals surface area contributed by atoms with Gasteiger partial charge in [0.2, 0.25) is 0 Å². The van der Waals surface area contributed by atoms with Crippen LogP contribution in [0.5, 0.6) is 0 Å². The van der Waals surface area contributed by atoms with Crippen molar-refractivity contribution in [3.8, 4) is 6.07 Å². The van der Waals surface area contributed by atoms with E-state index in [4.69, 9.17) is 5.26 Å². The lowest BCUT2D eigenvalue weighted by atomic mass is 9.77. The second kappa shape index (κ2) is 8.53. The van der Waals surface area contributed by atoms with E-state index in [1.165, 1.54) is 12.1 Å². The van der Waals surface area contributed by atoms with Gasteiger partial charge in [0.05, 0.1) is 12.0 Å².